The number of carbonyl (C=O) groups excluding carboxylic acids is 2. The van der Waals surface area contributed by atoms with Crippen molar-refractivity contribution in [3.05, 3.63) is 29.3 Å². The maximum Gasteiger partial charge on any atom is 0.534 e. The number of hydrogen-bond donors (Lipinski definition) is 0. The van der Waals surface area contributed by atoms with Crippen LogP contribution in [-0.2, 0) is 14.9 Å². The number of halogens is 3. The van der Waals surface area contributed by atoms with E-state index >= 15 is 0 Å². The highest BCUT2D eigenvalue weighted by Gasteiger charge is 2.48. The highest BCUT2D eigenvalue weighted by Crippen LogP contribution is 2.29. The lowest BCUT2D eigenvalue weighted by molar-refractivity contribution is -0.0500. The van der Waals surface area contributed by atoms with Crippen molar-refractivity contribution in [1.29, 1.82) is 0 Å². The highest BCUT2D eigenvalue weighted by molar-refractivity contribution is 7.88. The molecule has 0 aliphatic rings. The normalized spacial score (nSPS) is 11.8. The molecule has 0 fully saturated rings. The fraction of sp³-hybridized carbons (Fsp3) is 0.200. The maximum absolute atomic E-state index is 12.2. The molecule has 0 amide bonds. The lowest BCUT2D eigenvalue weighted by Crippen LogP contribution is -2.28. The number of aldehydes is 1. The fourth-order valence-corrected chi connectivity index (χ4v) is 1.59. The Bertz CT molecular complexity index is 635. The Morgan fingerprint density at radius 1 is 1.30 bits per heavy atom. The molecule has 0 saturated heterocycles. The Hall–Kier alpha value is -2.10. The largest absolute Gasteiger partial charge is 0.534 e. The predicted molar refractivity (Wildman–Crippen MR) is 58.8 cm³/mol. The van der Waals surface area contributed by atoms with Gasteiger partial charge in [-0.15, -0.1) is 0 Å². The third-order valence-corrected chi connectivity index (χ3v) is 3.01. The zero-order chi connectivity index (χ0) is 15.6. The van der Waals surface area contributed by atoms with Gasteiger partial charge in [0.1, 0.15) is 0 Å². The average Bonchev–Trinajstić information content (AvgIpc) is 2.36. The van der Waals surface area contributed by atoms with Crippen molar-refractivity contribution in [2.45, 2.75) is 5.51 Å². The Morgan fingerprint density at radius 2 is 1.90 bits per heavy atom. The first-order valence-electron chi connectivity index (χ1n) is 4.80. The summed E-state index contributed by atoms with van der Waals surface area (Å²) in [6.45, 7) is 0. The molecule has 10 heteroatoms. The van der Waals surface area contributed by atoms with Crippen molar-refractivity contribution in [3.63, 3.8) is 0 Å². The summed E-state index contributed by atoms with van der Waals surface area (Å²) in [5.41, 5.74) is -6.40. The molecule has 110 valence electrons. The SMILES string of the molecule is COC(=O)c1ccc(C=O)c(OS(=O)(=O)C(F)(F)F)c1. The van der Waals surface area contributed by atoms with Gasteiger partial charge < -0.3 is 8.92 Å². The average molecular weight is 312 g/mol. The first-order chi connectivity index (χ1) is 9.12. The Morgan fingerprint density at radius 3 is 2.35 bits per heavy atom. The molecule has 1 aromatic rings. The van der Waals surface area contributed by atoms with Crippen molar-refractivity contribution in [2.75, 3.05) is 7.11 Å². The summed E-state index contributed by atoms with van der Waals surface area (Å²) in [7, 11) is -4.93. The van der Waals surface area contributed by atoms with Crippen LogP contribution in [0.25, 0.3) is 0 Å². The molecule has 20 heavy (non-hydrogen) atoms. The van der Waals surface area contributed by atoms with E-state index in [1.54, 1.807) is 0 Å². The zero-order valence-corrected chi connectivity index (χ0v) is 10.6. The smallest absolute Gasteiger partial charge is 0.465 e. The number of esters is 1. The van der Waals surface area contributed by atoms with Crippen molar-refractivity contribution in [3.8, 4) is 5.75 Å². The summed E-state index contributed by atoms with van der Waals surface area (Å²) in [4.78, 5) is 21.8. The third kappa shape index (κ3) is 3.26. The van der Waals surface area contributed by atoms with Crippen molar-refractivity contribution >= 4 is 22.4 Å². The molecule has 0 spiro atoms. The molecule has 0 heterocycles. The van der Waals surface area contributed by atoms with Gasteiger partial charge in [0.25, 0.3) is 0 Å². The monoisotopic (exact) mass is 312 g/mol. The van der Waals surface area contributed by atoms with Gasteiger partial charge >= 0.3 is 21.6 Å². The minimum Gasteiger partial charge on any atom is -0.465 e. The number of benzene rings is 1. The highest BCUT2D eigenvalue weighted by atomic mass is 32.2. The summed E-state index contributed by atoms with van der Waals surface area (Å²) >= 11 is 0. The number of ether oxygens (including phenoxy) is 1. The molecule has 1 rings (SSSR count). The van der Waals surface area contributed by atoms with E-state index in [-0.39, 0.29) is 11.8 Å². The van der Waals surface area contributed by atoms with Crippen LogP contribution in [0.3, 0.4) is 0 Å². The van der Waals surface area contributed by atoms with Gasteiger partial charge in [0.05, 0.1) is 18.2 Å². The Balaban J connectivity index is 3.29. The van der Waals surface area contributed by atoms with Crippen LogP contribution in [0.2, 0.25) is 0 Å². The Kier molecular flexibility index (Phi) is 4.38. The van der Waals surface area contributed by atoms with Crippen LogP contribution in [-0.4, -0.2) is 33.3 Å². The van der Waals surface area contributed by atoms with E-state index in [0.29, 0.717) is 6.07 Å². The van der Waals surface area contributed by atoms with E-state index in [4.69, 9.17) is 0 Å². The fourth-order valence-electron chi connectivity index (χ4n) is 1.11. The van der Waals surface area contributed by atoms with Crippen molar-refractivity contribution < 1.29 is 40.1 Å². The first kappa shape index (κ1) is 16.0. The molecule has 0 aliphatic heterocycles. The van der Waals surface area contributed by atoms with Gasteiger partial charge in [-0.3, -0.25) is 4.79 Å². The minimum absolute atomic E-state index is 0.0856. The second kappa shape index (κ2) is 5.49. The van der Waals surface area contributed by atoms with Crippen LogP contribution >= 0.6 is 0 Å². The molecule has 0 bridgehead atoms. The van der Waals surface area contributed by atoms with E-state index in [9.17, 15) is 31.2 Å². The van der Waals surface area contributed by atoms with Gasteiger partial charge in [-0.1, -0.05) is 0 Å². The molecule has 0 N–H and O–H groups in total. The molecule has 1 aromatic carbocycles. The summed E-state index contributed by atoms with van der Waals surface area (Å²) in [6, 6.07) is 2.67. The summed E-state index contributed by atoms with van der Waals surface area (Å²) in [6.07, 6.45) is 0.0856. The number of alkyl halides is 3. The molecule has 0 unspecified atom stereocenters. The van der Waals surface area contributed by atoms with Crippen LogP contribution in [0.4, 0.5) is 13.2 Å². The molecule has 0 radical (unpaired) electrons. The first-order valence-corrected chi connectivity index (χ1v) is 6.21. The van der Waals surface area contributed by atoms with Crippen LogP contribution in [0.5, 0.6) is 5.75 Å². The van der Waals surface area contributed by atoms with E-state index in [2.05, 4.69) is 8.92 Å². The van der Waals surface area contributed by atoms with Crippen molar-refractivity contribution in [1.82, 2.24) is 0 Å². The van der Waals surface area contributed by atoms with Crippen LogP contribution in [0, 0.1) is 0 Å². The van der Waals surface area contributed by atoms with Gasteiger partial charge in [0.2, 0.25) is 0 Å². The molecule has 6 nitrogen and oxygen atoms in total. The Labute approximate surface area is 111 Å². The van der Waals surface area contributed by atoms with Crippen LogP contribution in [0.15, 0.2) is 18.2 Å². The summed E-state index contributed by atoms with van der Waals surface area (Å²) in [5, 5.41) is 0. The van der Waals surface area contributed by atoms with Gasteiger partial charge in [0.15, 0.2) is 12.0 Å². The minimum atomic E-state index is -5.94. The summed E-state index contributed by atoms with van der Waals surface area (Å²) < 4.78 is 66.4. The molecule has 0 saturated carbocycles. The van der Waals surface area contributed by atoms with Crippen LogP contribution in [0.1, 0.15) is 20.7 Å². The van der Waals surface area contributed by atoms with E-state index in [1.807, 2.05) is 0 Å². The van der Waals surface area contributed by atoms with E-state index in [1.165, 1.54) is 0 Å². The second-order valence-corrected chi connectivity index (χ2v) is 4.88. The van der Waals surface area contributed by atoms with Gasteiger partial charge in [0, 0.05) is 0 Å². The molecule has 0 atom stereocenters. The van der Waals surface area contributed by atoms with Gasteiger partial charge in [-0.2, -0.15) is 21.6 Å². The van der Waals surface area contributed by atoms with E-state index < -0.39 is 32.9 Å². The second-order valence-electron chi connectivity index (χ2n) is 3.35. The lowest BCUT2D eigenvalue weighted by Gasteiger charge is -2.11. The predicted octanol–water partition coefficient (Wildman–Crippen LogP) is 1.51. The molecular formula is C10H7F3O6S. The number of carbonyl (C=O) groups is 2. The molecule has 0 aromatic heterocycles. The van der Waals surface area contributed by atoms with E-state index in [0.717, 1.165) is 19.2 Å². The maximum atomic E-state index is 12.2. The quantitative estimate of drug-likeness (QED) is 0.362. The van der Waals surface area contributed by atoms with Gasteiger partial charge in [-0.25, -0.2) is 4.79 Å². The lowest BCUT2D eigenvalue weighted by atomic mass is 10.1. The van der Waals surface area contributed by atoms with Crippen molar-refractivity contribution in [2.24, 2.45) is 0 Å². The number of rotatable bonds is 4. The summed E-state index contributed by atoms with van der Waals surface area (Å²) in [5.74, 6) is -1.85. The zero-order valence-electron chi connectivity index (χ0n) is 9.80. The number of hydrogen-bond acceptors (Lipinski definition) is 6. The molecule has 0 aliphatic carbocycles. The molecular weight excluding hydrogens is 305 g/mol. The third-order valence-electron chi connectivity index (χ3n) is 2.04. The van der Waals surface area contributed by atoms with Gasteiger partial charge in [-0.05, 0) is 18.2 Å². The van der Waals surface area contributed by atoms with Crippen LogP contribution < -0.4 is 4.18 Å². The topological polar surface area (TPSA) is 86.7 Å². The standard InChI is InChI=1S/C10H7F3O6S/c1-18-9(15)6-2-3-7(5-14)8(4-6)19-20(16,17)10(11,12)13/h2-5H,1H3. The number of methoxy groups -OCH3 is 1.